The first-order chi connectivity index (χ1) is 13.5. The number of aromatic nitrogens is 4. The minimum Gasteiger partial charge on any atom is -0.281 e. The first kappa shape index (κ1) is 18.5. The molecular weight excluding hydrogens is 423 g/mol. The number of nitrogens with one attached hydrogen (secondary N) is 2. The van der Waals surface area contributed by atoms with E-state index in [1.54, 1.807) is 29.1 Å². The van der Waals surface area contributed by atoms with Crippen LogP contribution in [0.3, 0.4) is 0 Å². The van der Waals surface area contributed by atoms with Crippen LogP contribution in [0.25, 0.3) is 16.7 Å². The number of anilines is 1. The van der Waals surface area contributed by atoms with Crippen molar-refractivity contribution in [1.82, 2.24) is 25.2 Å². The Labute approximate surface area is 174 Å². The fraction of sp³-hybridized carbons (Fsp3) is 0. The molecule has 1 amide bonds. The van der Waals surface area contributed by atoms with Gasteiger partial charge >= 0.3 is 0 Å². The largest absolute Gasteiger partial charge is 0.281 e. The first-order valence-electron chi connectivity index (χ1n) is 7.99. The van der Waals surface area contributed by atoms with Crippen molar-refractivity contribution in [1.29, 1.82) is 0 Å². The fourth-order valence-corrected chi connectivity index (χ4v) is 3.28. The van der Waals surface area contributed by atoms with Crippen LogP contribution in [0.1, 0.15) is 10.4 Å². The van der Waals surface area contributed by atoms with Crippen LogP contribution < -0.4 is 10.9 Å². The van der Waals surface area contributed by atoms with Crippen molar-refractivity contribution in [2.75, 3.05) is 5.43 Å². The van der Waals surface area contributed by atoms with Crippen LogP contribution in [-0.4, -0.2) is 25.7 Å². The molecular formula is C18H11Cl3N6O. The second kappa shape index (κ2) is 7.63. The molecule has 0 fully saturated rings. The summed E-state index contributed by atoms with van der Waals surface area (Å²) in [6.45, 7) is 0. The second-order valence-corrected chi connectivity index (χ2v) is 6.98. The van der Waals surface area contributed by atoms with E-state index in [0.717, 1.165) is 5.69 Å². The molecule has 2 heterocycles. The summed E-state index contributed by atoms with van der Waals surface area (Å²) in [5, 5.41) is 6.23. The minimum atomic E-state index is -0.435. The van der Waals surface area contributed by atoms with E-state index >= 15 is 0 Å². The Kier molecular flexibility index (Phi) is 5.04. The molecule has 0 spiro atoms. The van der Waals surface area contributed by atoms with Gasteiger partial charge in [0.15, 0.2) is 11.5 Å². The van der Waals surface area contributed by atoms with Gasteiger partial charge in [0.05, 0.1) is 27.9 Å². The molecule has 2 aromatic carbocycles. The second-order valence-electron chi connectivity index (χ2n) is 5.70. The Balaban J connectivity index is 1.60. The van der Waals surface area contributed by atoms with Crippen LogP contribution in [-0.2, 0) is 0 Å². The van der Waals surface area contributed by atoms with Gasteiger partial charge in [-0.15, -0.1) is 0 Å². The molecule has 0 aliphatic carbocycles. The highest BCUT2D eigenvalue weighted by Gasteiger charge is 2.14. The molecule has 2 N–H and O–H groups in total. The number of nitrogens with zero attached hydrogens (tertiary/aromatic N) is 4. The quantitative estimate of drug-likeness (QED) is 0.462. The zero-order valence-corrected chi connectivity index (χ0v) is 16.3. The fourth-order valence-electron chi connectivity index (χ4n) is 2.60. The molecule has 0 aliphatic rings. The molecule has 7 nitrogen and oxygen atoms in total. The lowest BCUT2D eigenvalue weighted by atomic mass is 10.2. The van der Waals surface area contributed by atoms with Gasteiger partial charge in [0.1, 0.15) is 6.33 Å². The molecule has 10 heteroatoms. The van der Waals surface area contributed by atoms with Gasteiger partial charge in [-0.2, -0.15) is 5.10 Å². The molecule has 0 unspecified atom stereocenters. The van der Waals surface area contributed by atoms with Crippen LogP contribution >= 0.6 is 34.8 Å². The third kappa shape index (κ3) is 3.60. The normalized spacial score (nSPS) is 10.8. The summed E-state index contributed by atoms with van der Waals surface area (Å²) >= 11 is 18.0. The molecule has 4 rings (SSSR count). The van der Waals surface area contributed by atoms with Gasteiger partial charge in [0.2, 0.25) is 0 Å². The number of carbonyl (C=O) groups is 1. The summed E-state index contributed by atoms with van der Waals surface area (Å²) in [6.07, 6.45) is 2.97. The van der Waals surface area contributed by atoms with E-state index in [0.29, 0.717) is 26.9 Å². The number of hydrogen-bond acceptors (Lipinski definition) is 5. The van der Waals surface area contributed by atoms with Gasteiger partial charge in [-0.25, -0.2) is 14.6 Å². The maximum Gasteiger partial charge on any atom is 0.271 e. The molecule has 0 bridgehead atoms. The van der Waals surface area contributed by atoms with Gasteiger partial charge in [0, 0.05) is 10.0 Å². The van der Waals surface area contributed by atoms with Gasteiger partial charge in [0.25, 0.3) is 5.91 Å². The van der Waals surface area contributed by atoms with Crippen molar-refractivity contribution >= 4 is 57.6 Å². The van der Waals surface area contributed by atoms with E-state index in [1.165, 1.54) is 18.5 Å². The van der Waals surface area contributed by atoms with Crippen LogP contribution in [0.4, 0.5) is 5.82 Å². The lowest BCUT2D eigenvalue weighted by molar-refractivity contribution is 0.0962. The van der Waals surface area contributed by atoms with Crippen molar-refractivity contribution in [3.8, 4) is 5.69 Å². The highest BCUT2D eigenvalue weighted by Crippen LogP contribution is 2.23. The molecule has 0 saturated carbocycles. The Hall–Kier alpha value is -2.87. The molecule has 0 atom stereocenters. The molecule has 2 aromatic heterocycles. The molecule has 4 aromatic rings. The van der Waals surface area contributed by atoms with Crippen LogP contribution in [0.5, 0.6) is 0 Å². The van der Waals surface area contributed by atoms with E-state index < -0.39 is 5.91 Å². The number of benzene rings is 2. The van der Waals surface area contributed by atoms with E-state index in [2.05, 4.69) is 25.9 Å². The maximum absolute atomic E-state index is 12.4. The summed E-state index contributed by atoms with van der Waals surface area (Å²) in [7, 11) is 0. The lowest BCUT2D eigenvalue weighted by Crippen LogP contribution is -2.30. The Bertz CT molecular complexity index is 1190. The number of halogens is 3. The van der Waals surface area contributed by atoms with Crippen molar-refractivity contribution < 1.29 is 4.79 Å². The SMILES string of the molecule is O=C(NNc1ncnc2c1cnn2-c1cccc(Cl)c1)c1ccc(Cl)cc1Cl. The predicted octanol–water partition coefficient (Wildman–Crippen LogP) is 4.53. The van der Waals surface area contributed by atoms with Crippen molar-refractivity contribution in [3.05, 3.63) is 75.6 Å². The smallest absolute Gasteiger partial charge is 0.271 e. The van der Waals surface area contributed by atoms with Crippen LogP contribution in [0.2, 0.25) is 15.1 Å². The summed E-state index contributed by atoms with van der Waals surface area (Å²) < 4.78 is 1.63. The van der Waals surface area contributed by atoms with E-state index in [-0.39, 0.29) is 10.6 Å². The minimum absolute atomic E-state index is 0.244. The number of rotatable bonds is 4. The predicted molar refractivity (Wildman–Crippen MR) is 109 cm³/mol. The van der Waals surface area contributed by atoms with Crippen molar-refractivity contribution in [2.45, 2.75) is 0 Å². The van der Waals surface area contributed by atoms with E-state index in [9.17, 15) is 4.79 Å². The summed E-state index contributed by atoms with van der Waals surface area (Å²) in [6, 6.07) is 11.8. The zero-order valence-electron chi connectivity index (χ0n) is 14.0. The topological polar surface area (TPSA) is 84.7 Å². The molecule has 0 radical (unpaired) electrons. The highest BCUT2D eigenvalue weighted by molar-refractivity contribution is 6.36. The Morgan fingerprint density at radius 1 is 1.00 bits per heavy atom. The molecule has 0 aliphatic heterocycles. The van der Waals surface area contributed by atoms with E-state index in [1.807, 2.05) is 12.1 Å². The van der Waals surface area contributed by atoms with E-state index in [4.69, 9.17) is 34.8 Å². The highest BCUT2D eigenvalue weighted by atomic mass is 35.5. The first-order valence-corrected chi connectivity index (χ1v) is 9.12. The number of carbonyl (C=O) groups excluding carboxylic acids is 1. The molecule has 140 valence electrons. The van der Waals surface area contributed by atoms with Crippen molar-refractivity contribution in [3.63, 3.8) is 0 Å². The monoisotopic (exact) mass is 432 g/mol. The Morgan fingerprint density at radius 2 is 1.82 bits per heavy atom. The number of hydrogen-bond donors (Lipinski definition) is 2. The third-order valence-corrected chi connectivity index (χ3v) is 4.67. The summed E-state index contributed by atoms with van der Waals surface area (Å²) in [5.74, 6) is -0.0487. The average molecular weight is 434 g/mol. The van der Waals surface area contributed by atoms with Gasteiger partial charge in [-0.3, -0.25) is 15.6 Å². The molecule has 28 heavy (non-hydrogen) atoms. The summed E-state index contributed by atoms with van der Waals surface area (Å²) in [5.41, 5.74) is 6.93. The lowest BCUT2D eigenvalue weighted by Gasteiger charge is -2.10. The number of amides is 1. The standard InChI is InChI=1S/C18H11Cl3N6O/c19-10-2-1-3-12(6-10)27-17-14(8-24-27)16(22-9-23-17)25-26-18(28)13-5-4-11(20)7-15(13)21/h1-9H,(H,26,28)(H,22,23,25). The van der Waals surface area contributed by atoms with Crippen LogP contribution in [0.15, 0.2) is 55.0 Å². The zero-order chi connectivity index (χ0) is 19.7. The van der Waals surface area contributed by atoms with Crippen molar-refractivity contribution in [2.24, 2.45) is 0 Å². The summed E-state index contributed by atoms with van der Waals surface area (Å²) in [4.78, 5) is 20.8. The van der Waals surface area contributed by atoms with Gasteiger partial charge in [-0.05, 0) is 36.4 Å². The number of fused-ring (bicyclic) bond motifs is 1. The number of hydrazine groups is 1. The van der Waals surface area contributed by atoms with Crippen LogP contribution in [0, 0.1) is 0 Å². The third-order valence-electron chi connectivity index (χ3n) is 3.89. The van der Waals surface area contributed by atoms with Gasteiger partial charge < -0.3 is 0 Å². The van der Waals surface area contributed by atoms with Gasteiger partial charge in [-0.1, -0.05) is 40.9 Å². The molecule has 0 saturated heterocycles. The maximum atomic E-state index is 12.4. The average Bonchev–Trinajstić information content (AvgIpc) is 3.11. The Morgan fingerprint density at radius 3 is 2.61 bits per heavy atom.